The van der Waals surface area contributed by atoms with E-state index in [9.17, 15) is 4.79 Å². The Morgan fingerprint density at radius 1 is 1.41 bits per heavy atom. The van der Waals surface area contributed by atoms with E-state index < -0.39 is 0 Å². The minimum atomic E-state index is 0.308. The zero-order valence-corrected chi connectivity index (χ0v) is 11.1. The van der Waals surface area contributed by atoms with Gasteiger partial charge in [-0.25, -0.2) is 0 Å². The number of piperidine rings is 1. The van der Waals surface area contributed by atoms with Crippen molar-refractivity contribution in [2.45, 2.75) is 32.2 Å². The summed E-state index contributed by atoms with van der Waals surface area (Å²) >= 11 is 0. The predicted octanol–water partition coefficient (Wildman–Crippen LogP) is 0.539. The second-order valence-electron chi connectivity index (χ2n) is 5.54. The molecule has 2 aliphatic heterocycles. The van der Waals surface area contributed by atoms with Crippen LogP contribution in [0.5, 0.6) is 0 Å². The van der Waals surface area contributed by atoms with Crippen molar-refractivity contribution in [2.75, 3.05) is 39.8 Å². The third-order valence-electron chi connectivity index (χ3n) is 4.20. The van der Waals surface area contributed by atoms with Crippen LogP contribution in [0.2, 0.25) is 0 Å². The zero-order chi connectivity index (χ0) is 12.3. The molecule has 1 N–H and O–H groups in total. The lowest BCUT2D eigenvalue weighted by Gasteiger charge is -2.36. The first-order chi connectivity index (χ1) is 8.18. The number of nitrogens with zero attached hydrogens (tertiary/aromatic N) is 2. The van der Waals surface area contributed by atoms with Crippen molar-refractivity contribution in [3.63, 3.8) is 0 Å². The molecule has 2 heterocycles. The molecule has 0 aromatic rings. The van der Waals surface area contributed by atoms with Crippen molar-refractivity contribution in [1.29, 1.82) is 0 Å². The minimum absolute atomic E-state index is 0.308. The van der Waals surface area contributed by atoms with Crippen LogP contribution < -0.4 is 5.32 Å². The molecule has 17 heavy (non-hydrogen) atoms. The van der Waals surface area contributed by atoms with E-state index in [1.165, 1.54) is 19.3 Å². The molecule has 0 aromatic heterocycles. The van der Waals surface area contributed by atoms with Crippen LogP contribution in [-0.4, -0.2) is 61.5 Å². The highest BCUT2D eigenvalue weighted by Gasteiger charge is 2.27. The predicted molar refractivity (Wildman–Crippen MR) is 68.9 cm³/mol. The van der Waals surface area contributed by atoms with E-state index in [1.54, 1.807) is 0 Å². The maximum absolute atomic E-state index is 12.1. The van der Waals surface area contributed by atoms with Crippen LogP contribution in [0, 0.1) is 5.92 Å². The zero-order valence-electron chi connectivity index (χ0n) is 11.1. The number of likely N-dealkylation sites (N-methyl/N-ethyl adjacent to an activating group) is 1. The van der Waals surface area contributed by atoms with Crippen LogP contribution in [0.4, 0.5) is 0 Å². The highest BCUT2D eigenvalue weighted by Crippen LogP contribution is 2.17. The summed E-state index contributed by atoms with van der Waals surface area (Å²) in [5.41, 5.74) is 0. The molecular weight excluding hydrogens is 214 g/mol. The molecule has 2 unspecified atom stereocenters. The number of hydrogen-bond acceptors (Lipinski definition) is 3. The summed E-state index contributed by atoms with van der Waals surface area (Å²) in [5, 5.41) is 3.42. The first-order valence-corrected chi connectivity index (χ1v) is 6.87. The topological polar surface area (TPSA) is 35.6 Å². The molecule has 2 fully saturated rings. The Labute approximate surface area is 104 Å². The van der Waals surface area contributed by atoms with Gasteiger partial charge < -0.3 is 10.2 Å². The second-order valence-corrected chi connectivity index (χ2v) is 5.54. The maximum Gasteiger partial charge on any atom is 0.236 e. The highest BCUT2D eigenvalue weighted by atomic mass is 16.2. The first-order valence-electron chi connectivity index (χ1n) is 6.87. The van der Waals surface area contributed by atoms with Crippen LogP contribution in [0.25, 0.3) is 0 Å². The number of carbonyl (C=O) groups is 1. The number of hydrogen-bond donors (Lipinski definition) is 1. The number of nitrogens with one attached hydrogen (secondary N) is 1. The van der Waals surface area contributed by atoms with Gasteiger partial charge in [-0.2, -0.15) is 0 Å². The smallest absolute Gasteiger partial charge is 0.236 e. The molecule has 2 aliphatic rings. The highest BCUT2D eigenvalue weighted by molar-refractivity contribution is 5.78. The lowest BCUT2D eigenvalue weighted by atomic mass is 9.94. The van der Waals surface area contributed by atoms with Gasteiger partial charge in [0, 0.05) is 25.7 Å². The molecule has 0 bridgehead atoms. The second kappa shape index (κ2) is 5.83. The van der Waals surface area contributed by atoms with E-state index in [4.69, 9.17) is 0 Å². The summed E-state index contributed by atoms with van der Waals surface area (Å²) in [7, 11) is 2.09. The molecule has 0 spiro atoms. The van der Waals surface area contributed by atoms with Gasteiger partial charge in [0.1, 0.15) is 0 Å². The summed E-state index contributed by atoms with van der Waals surface area (Å²) in [6, 6.07) is 0.510. The van der Waals surface area contributed by atoms with Gasteiger partial charge in [0.05, 0.1) is 6.54 Å². The van der Waals surface area contributed by atoms with Gasteiger partial charge in [0.2, 0.25) is 5.91 Å². The van der Waals surface area contributed by atoms with Gasteiger partial charge in [-0.1, -0.05) is 6.92 Å². The fraction of sp³-hybridized carbons (Fsp3) is 0.923. The van der Waals surface area contributed by atoms with E-state index in [2.05, 4.69) is 24.2 Å². The number of carbonyl (C=O) groups excluding carboxylic acids is 1. The number of likely N-dealkylation sites (tertiary alicyclic amines) is 1. The lowest BCUT2D eigenvalue weighted by Crippen LogP contribution is -2.51. The van der Waals surface area contributed by atoms with E-state index in [-0.39, 0.29) is 0 Å². The summed E-state index contributed by atoms with van der Waals surface area (Å²) in [6.45, 7) is 6.94. The van der Waals surface area contributed by atoms with Crippen molar-refractivity contribution in [3.8, 4) is 0 Å². The molecule has 2 saturated heterocycles. The average molecular weight is 239 g/mol. The van der Waals surface area contributed by atoms with Gasteiger partial charge in [0.15, 0.2) is 0 Å². The Morgan fingerprint density at radius 3 is 2.76 bits per heavy atom. The molecule has 2 rings (SSSR count). The van der Waals surface area contributed by atoms with E-state index >= 15 is 0 Å². The molecule has 0 saturated carbocycles. The van der Waals surface area contributed by atoms with Crippen molar-refractivity contribution >= 4 is 5.91 Å². The molecule has 98 valence electrons. The van der Waals surface area contributed by atoms with Crippen molar-refractivity contribution < 1.29 is 4.79 Å². The Balaban J connectivity index is 1.82. The van der Waals surface area contributed by atoms with Crippen LogP contribution in [0.3, 0.4) is 0 Å². The molecule has 2 atom stereocenters. The molecule has 4 nitrogen and oxygen atoms in total. The largest absolute Gasteiger partial charge is 0.342 e. The molecule has 1 amide bonds. The number of amides is 1. The SMILES string of the molecule is CC1CCNCC1N(C)CC(=O)N1CCCC1. The third-order valence-corrected chi connectivity index (χ3v) is 4.20. The summed E-state index contributed by atoms with van der Waals surface area (Å²) in [4.78, 5) is 16.3. The molecule has 0 aromatic carbocycles. The quantitative estimate of drug-likeness (QED) is 0.781. The minimum Gasteiger partial charge on any atom is -0.342 e. The third kappa shape index (κ3) is 3.19. The van der Waals surface area contributed by atoms with E-state index in [1.807, 2.05) is 4.90 Å². The Morgan fingerprint density at radius 2 is 2.12 bits per heavy atom. The Hall–Kier alpha value is -0.610. The monoisotopic (exact) mass is 239 g/mol. The molecule has 4 heteroatoms. The van der Waals surface area contributed by atoms with E-state index in [0.29, 0.717) is 24.4 Å². The Bertz CT molecular complexity index is 263. The average Bonchev–Trinajstić information content (AvgIpc) is 2.82. The van der Waals surface area contributed by atoms with Crippen LogP contribution in [-0.2, 0) is 4.79 Å². The van der Waals surface area contributed by atoms with E-state index in [0.717, 1.165) is 26.2 Å². The fourth-order valence-electron chi connectivity index (χ4n) is 2.96. The number of rotatable bonds is 3. The van der Waals surface area contributed by atoms with Crippen LogP contribution in [0.1, 0.15) is 26.2 Å². The molecular formula is C13H25N3O. The first kappa shape index (κ1) is 12.8. The van der Waals surface area contributed by atoms with Gasteiger partial charge >= 0.3 is 0 Å². The van der Waals surface area contributed by atoms with Gasteiger partial charge in [-0.15, -0.1) is 0 Å². The lowest BCUT2D eigenvalue weighted by molar-refractivity contribution is -0.131. The van der Waals surface area contributed by atoms with Crippen molar-refractivity contribution in [1.82, 2.24) is 15.1 Å². The Kier molecular flexibility index (Phi) is 4.40. The summed E-state index contributed by atoms with van der Waals surface area (Å²) < 4.78 is 0. The maximum atomic E-state index is 12.1. The fourth-order valence-corrected chi connectivity index (χ4v) is 2.96. The van der Waals surface area contributed by atoms with Crippen molar-refractivity contribution in [3.05, 3.63) is 0 Å². The van der Waals surface area contributed by atoms with Gasteiger partial charge in [-0.05, 0) is 38.8 Å². The van der Waals surface area contributed by atoms with Crippen LogP contribution in [0.15, 0.2) is 0 Å². The van der Waals surface area contributed by atoms with Gasteiger partial charge in [0.25, 0.3) is 0 Å². The van der Waals surface area contributed by atoms with Crippen LogP contribution >= 0.6 is 0 Å². The molecule has 0 aliphatic carbocycles. The summed E-state index contributed by atoms with van der Waals surface area (Å²) in [5.74, 6) is 0.996. The normalized spacial score (nSPS) is 29.9. The standard InChI is InChI=1S/C13H25N3O/c1-11-5-6-14-9-12(11)15(2)10-13(17)16-7-3-4-8-16/h11-12,14H,3-10H2,1-2H3. The summed E-state index contributed by atoms with van der Waals surface area (Å²) in [6.07, 6.45) is 3.57. The van der Waals surface area contributed by atoms with Crippen molar-refractivity contribution in [2.24, 2.45) is 5.92 Å². The molecule has 0 radical (unpaired) electrons. The van der Waals surface area contributed by atoms with Gasteiger partial charge in [-0.3, -0.25) is 9.69 Å².